The highest BCUT2D eigenvalue weighted by atomic mass is 32.1. The van der Waals surface area contributed by atoms with Crippen molar-refractivity contribution < 1.29 is 15.0 Å². The molecular formula is C23H29NO3S. The number of aliphatic hydroxyl groups is 2. The van der Waals surface area contributed by atoms with Gasteiger partial charge in [0, 0.05) is 29.1 Å². The Bertz CT molecular complexity index is 814. The van der Waals surface area contributed by atoms with Crippen LogP contribution < -0.4 is 0 Å². The highest BCUT2D eigenvalue weighted by Crippen LogP contribution is 2.22. The van der Waals surface area contributed by atoms with Crippen LogP contribution in [0.1, 0.15) is 40.1 Å². The van der Waals surface area contributed by atoms with Gasteiger partial charge in [-0.3, -0.25) is 4.79 Å². The summed E-state index contributed by atoms with van der Waals surface area (Å²) >= 11 is 1.63. The molecule has 1 aliphatic rings. The molecule has 1 saturated heterocycles. The number of hydrogen-bond acceptors (Lipinski definition) is 4. The molecule has 28 heavy (non-hydrogen) atoms. The van der Waals surface area contributed by atoms with Crippen LogP contribution in [0, 0.1) is 6.92 Å². The topological polar surface area (TPSA) is 60.8 Å². The summed E-state index contributed by atoms with van der Waals surface area (Å²) in [6.45, 7) is 2.87. The first-order chi connectivity index (χ1) is 13.5. The van der Waals surface area contributed by atoms with Crippen LogP contribution in [0.3, 0.4) is 0 Å². The van der Waals surface area contributed by atoms with Crippen molar-refractivity contribution in [3.05, 3.63) is 69.4 Å². The molecule has 0 saturated carbocycles. The van der Waals surface area contributed by atoms with Gasteiger partial charge >= 0.3 is 0 Å². The molecule has 0 bridgehead atoms. The first-order valence-electron chi connectivity index (χ1n) is 9.95. The van der Waals surface area contributed by atoms with E-state index in [4.69, 9.17) is 5.11 Å². The Balaban J connectivity index is 1.50. The number of aryl methyl sites for hydroxylation is 2. The van der Waals surface area contributed by atoms with E-state index in [1.54, 1.807) is 11.3 Å². The monoisotopic (exact) mass is 399 g/mol. The molecule has 2 aromatic rings. The number of carbonyl (C=O) groups excluding carboxylic acids is 1. The zero-order valence-electron chi connectivity index (χ0n) is 16.4. The highest BCUT2D eigenvalue weighted by Gasteiger charge is 2.28. The van der Waals surface area contributed by atoms with Crippen LogP contribution in [0.5, 0.6) is 0 Å². The summed E-state index contributed by atoms with van der Waals surface area (Å²) in [7, 11) is 0. The fourth-order valence-corrected chi connectivity index (χ4v) is 4.64. The molecular weight excluding hydrogens is 370 g/mol. The SMILES string of the molecule is Cc1cccc(C[C@H](O)C=C[C@H]2CCC(=O)N2CCCc2ccc(CO)s2)c1. The summed E-state index contributed by atoms with van der Waals surface area (Å²) in [5.41, 5.74) is 2.31. The Morgan fingerprint density at radius 2 is 2.11 bits per heavy atom. The molecule has 1 amide bonds. The second kappa shape index (κ2) is 10.0. The van der Waals surface area contributed by atoms with Crippen LogP contribution in [-0.2, 0) is 24.2 Å². The third kappa shape index (κ3) is 5.77. The largest absolute Gasteiger partial charge is 0.391 e. The predicted molar refractivity (Wildman–Crippen MR) is 113 cm³/mol. The molecule has 2 N–H and O–H groups in total. The van der Waals surface area contributed by atoms with Crippen LogP contribution in [-0.4, -0.2) is 39.7 Å². The van der Waals surface area contributed by atoms with E-state index in [0.717, 1.165) is 36.2 Å². The first-order valence-corrected chi connectivity index (χ1v) is 10.8. The van der Waals surface area contributed by atoms with Gasteiger partial charge in [-0.2, -0.15) is 0 Å². The third-order valence-corrected chi connectivity index (χ3v) is 6.28. The number of amides is 1. The lowest BCUT2D eigenvalue weighted by molar-refractivity contribution is -0.128. The Hall–Kier alpha value is -1.95. The van der Waals surface area contributed by atoms with Crippen molar-refractivity contribution in [2.45, 2.75) is 57.8 Å². The summed E-state index contributed by atoms with van der Waals surface area (Å²) in [5, 5.41) is 19.5. The second-order valence-corrected chi connectivity index (χ2v) is 8.72. The van der Waals surface area contributed by atoms with Crippen molar-refractivity contribution in [3.8, 4) is 0 Å². The Morgan fingerprint density at radius 3 is 2.86 bits per heavy atom. The van der Waals surface area contributed by atoms with E-state index >= 15 is 0 Å². The minimum atomic E-state index is -0.539. The molecule has 5 heteroatoms. The number of nitrogens with zero attached hydrogens (tertiary/aromatic N) is 1. The maximum absolute atomic E-state index is 12.2. The normalized spacial score (nSPS) is 18.3. The predicted octanol–water partition coefficient (Wildman–Crippen LogP) is 3.63. The van der Waals surface area contributed by atoms with E-state index in [2.05, 4.69) is 25.1 Å². The third-order valence-electron chi connectivity index (χ3n) is 5.15. The van der Waals surface area contributed by atoms with E-state index < -0.39 is 6.10 Å². The van der Waals surface area contributed by atoms with Crippen LogP contribution in [0.25, 0.3) is 0 Å². The van der Waals surface area contributed by atoms with Gasteiger partial charge in [-0.05, 0) is 43.9 Å². The number of aliphatic hydroxyl groups excluding tert-OH is 2. The molecule has 0 unspecified atom stereocenters. The second-order valence-electron chi connectivity index (χ2n) is 7.47. The molecule has 1 aromatic heterocycles. The Labute approximate surface area is 171 Å². The molecule has 1 fully saturated rings. The fourth-order valence-electron chi connectivity index (χ4n) is 3.72. The summed E-state index contributed by atoms with van der Waals surface area (Å²) < 4.78 is 0. The van der Waals surface area contributed by atoms with Crippen molar-refractivity contribution in [3.63, 3.8) is 0 Å². The van der Waals surface area contributed by atoms with Gasteiger partial charge < -0.3 is 15.1 Å². The molecule has 0 spiro atoms. The lowest BCUT2D eigenvalue weighted by atomic mass is 10.0. The summed E-state index contributed by atoms with van der Waals surface area (Å²) in [4.78, 5) is 16.4. The average molecular weight is 400 g/mol. The lowest BCUT2D eigenvalue weighted by Gasteiger charge is -2.22. The van der Waals surface area contributed by atoms with E-state index in [0.29, 0.717) is 12.8 Å². The van der Waals surface area contributed by atoms with Gasteiger partial charge in [-0.1, -0.05) is 42.0 Å². The van der Waals surface area contributed by atoms with E-state index in [-0.39, 0.29) is 18.6 Å². The zero-order chi connectivity index (χ0) is 19.9. The highest BCUT2D eigenvalue weighted by molar-refractivity contribution is 7.11. The molecule has 4 nitrogen and oxygen atoms in total. The quantitative estimate of drug-likeness (QED) is 0.633. The minimum absolute atomic E-state index is 0.0796. The number of rotatable bonds is 9. The van der Waals surface area contributed by atoms with E-state index in [9.17, 15) is 9.90 Å². The molecule has 0 radical (unpaired) electrons. The van der Waals surface area contributed by atoms with Crippen molar-refractivity contribution in [1.82, 2.24) is 4.90 Å². The van der Waals surface area contributed by atoms with E-state index in [1.165, 1.54) is 10.4 Å². The van der Waals surface area contributed by atoms with Crippen LogP contribution in [0.4, 0.5) is 0 Å². The van der Waals surface area contributed by atoms with Crippen molar-refractivity contribution in [1.29, 1.82) is 0 Å². The average Bonchev–Trinajstić information content (AvgIpc) is 3.27. The Morgan fingerprint density at radius 1 is 1.29 bits per heavy atom. The molecule has 1 aromatic carbocycles. The number of carbonyl (C=O) groups is 1. The molecule has 2 atom stereocenters. The number of likely N-dealkylation sites (tertiary alicyclic amines) is 1. The molecule has 3 rings (SSSR count). The fraction of sp³-hybridized carbons (Fsp3) is 0.435. The number of hydrogen-bond donors (Lipinski definition) is 2. The first kappa shape index (κ1) is 20.8. The van der Waals surface area contributed by atoms with Gasteiger partial charge in [-0.25, -0.2) is 0 Å². The lowest BCUT2D eigenvalue weighted by Crippen LogP contribution is -2.33. The molecule has 0 aliphatic carbocycles. The summed E-state index contributed by atoms with van der Waals surface area (Å²) in [5.74, 6) is 0.199. The van der Waals surface area contributed by atoms with Gasteiger partial charge in [0.2, 0.25) is 5.91 Å². The zero-order valence-corrected chi connectivity index (χ0v) is 17.2. The van der Waals surface area contributed by atoms with Crippen LogP contribution >= 0.6 is 11.3 Å². The van der Waals surface area contributed by atoms with E-state index in [1.807, 2.05) is 35.3 Å². The summed E-state index contributed by atoms with van der Waals surface area (Å²) in [6.07, 6.45) is 7.11. The maximum atomic E-state index is 12.2. The Kier molecular flexibility index (Phi) is 7.43. The smallest absolute Gasteiger partial charge is 0.223 e. The maximum Gasteiger partial charge on any atom is 0.223 e. The number of thiophene rings is 1. The summed E-state index contributed by atoms with van der Waals surface area (Å²) in [6, 6.07) is 12.3. The van der Waals surface area contributed by atoms with Crippen molar-refractivity contribution in [2.75, 3.05) is 6.54 Å². The van der Waals surface area contributed by atoms with Crippen LogP contribution in [0.2, 0.25) is 0 Å². The van der Waals surface area contributed by atoms with Gasteiger partial charge in [0.25, 0.3) is 0 Å². The molecule has 150 valence electrons. The molecule has 1 aliphatic heterocycles. The standard InChI is InChI=1S/C23H29NO3S/c1-17-4-2-5-18(14-17)15-20(26)9-7-19-8-12-23(27)24(19)13-3-6-21-10-11-22(16-25)28-21/h2,4-5,7,9-11,14,19-20,25-26H,3,6,8,12-13,15-16H2,1H3/t19-,20+/m0/s1. The minimum Gasteiger partial charge on any atom is -0.391 e. The van der Waals surface area contributed by atoms with Gasteiger partial charge in [-0.15, -0.1) is 11.3 Å². The van der Waals surface area contributed by atoms with Gasteiger partial charge in [0.15, 0.2) is 0 Å². The van der Waals surface area contributed by atoms with Crippen molar-refractivity contribution >= 4 is 17.2 Å². The molecule has 2 heterocycles. The number of benzene rings is 1. The van der Waals surface area contributed by atoms with Gasteiger partial charge in [0.1, 0.15) is 0 Å². The van der Waals surface area contributed by atoms with Crippen molar-refractivity contribution in [2.24, 2.45) is 0 Å². The van der Waals surface area contributed by atoms with Gasteiger partial charge in [0.05, 0.1) is 18.8 Å². The van der Waals surface area contributed by atoms with Crippen LogP contribution in [0.15, 0.2) is 48.6 Å².